The Hall–Kier alpha value is -4.49. The van der Waals surface area contributed by atoms with Crippen LogP contribution in [0.15, 0.2) is 54.7 Å². The number of hydrogen-bond donors (Lipinski definition) is 2. The number of carbonyl (C=O) groups excluding carboxylic acids is 2. The highest BCUT2D eigenvalue weighted by Gasteiger charge is 2.28. The number of anilines is 2. The molecule has 1 aliphatic rings. The predicted octanol–water partition coefficient (Wildman–Crippen LogP) is 4.59. The van der Waals surface area contributed by atoms with E-state index in [4.69, 9.17) is 0 Å². The Bertz CT molecular complexity index is 1500. The maximum absolute atomic E-state index is 14.8. The number of piperidine rings is 1. The Balaban J connectivity index is 1.40. The lowest BCUT2D eigenvalue weighted by Gasteiger charge is -2.42. The Labute approximate surface area is 252 Å². The molecule has 1 unspecified atom stereocenters. The van der Waals surface area contributed by atoms with Crippen LogP contribution in [0.2, 0.25) is 0 Å². The molecule has 226 valence electrons. The molecular formula is C33H39FN6O3. The molecule has 10 heteroatoms. The third-order valence-electron chi connectivity index (χ3n) is 8.22. The number of carbonyl (C=O) groups is 2. The van der Waals surface area contributed by atoms with Crippen LogP contribution in [-0.2, 0) is 11.3 Å². The van der Waals surface area contributed by atoms with E-state index in [-0.39, 0.29) is 29.7 Å². The van der Waals surface area contributed by atoms with Crippen LogP contribution >= 0.6 is 0 Å². The van der Waals surface area contributed by atoms with Crippen molar-refractivity contribution in [2.45, 2.75) is 65.6 Å². The van der Waals surface area contributed by atoms with Gasteiger partial charge in [-0.3, -0.25) is 9.59 Å². The molecule has 0 saturated carbocycles. The number of likely N-dealkylation sites (tertiary alicyclic amines) is 1. The number of amides is 2. The highest BCUT2D eigenvalue weighted by atomic mass is 19.1. The molecule has 2 N–H and O–H groups in total. The first kappa shape index (κ1) is 31.4. The monoisotopic (exact) mass is 586 g/mol. The van der Waals surface area contributed by atoms with E-state index in [2.05, 4.69) is 33.4 Å². The van der Waals surface area contributed by atoms with E-state index in [1.54, 1.807) is 19.1 Å². The largest absolute Gasteiger partial charge is 0.618 e. The molecule has 0 aliphatic carbocycles. The second-order valence-corrected chi connectivity index (χ2v) is 11.2. The number of benzene rings is 2. The third-order valence-corrected chi connectivity index (χ3v) is 8.22. The van der Waals surface area contributed by atoms with Crippen LogP contribution in [0.1, 0.15) is 65.9 Å². The molecule has 0 spiro atoms. The molecule has 2 aromatic carbocycles. The van der Waals surface area contributed by atoms with Gasteiger partial charge < -0.3 is 25.6 Å². The fraction of sp³-hybridized carbons (Fsp3) is 0.394. The zero-order valence-corrected chi connectivity index (χ0v) is 25.2. The quantitative estimate of drug-likeness (QED) is 0.265. The SMILES string of the molecule is CC(=O)Nc1ccc(N(Cc2cc(C#N)ccc2F)C2CCN(C(C)CCNC(=O)c3c(C)cc[n+]([O-])c3C)CC2)cc1. The molecule has 1 saturated heterocycles. The van der Waals surface area contributed by atoms with Gasteiger partial charge in [0.05, 0.1) is 11.6 Å². The number of nitrogens with zero attached hydrogens (tertiary/aromatic N) is 4. The standard InChI is InChI=1S/C33H39FN6O3/c1-22-12-18-40(43)24(3)32(22)33(42)36-15-11-23(2)38-16-13-30(14-17-38)39(21-27-19-26(20-35)5-10-31(27)34)29-8-6-28(7-9-29)37-25(4)41/h5-10,12,18-19,23,30H,11,13-17,21H2,1-4H3,(H,36,42)(H,37,41). The molecule has 0 bridgehead atoms. The lowest BCUT2D eigenvalue weighted by atomic mass is 9.98. The molecule has 1 fully saturated rings. The molecule has 2 amide bonds. The normalized spacial score (nSPS) is 14.5. The Kier molecular flexibility index (Phi) is 10.3. The lowest BCUT2D eigenvalue weighted by Crippen LogP contribution is -2.48. The van der Waals surface area contributed by atoms with E-state index in [9.17, 15) is 24.4 Å². The van der Waals surface area contributed by atoms with E-state index in [0.717, 1.165) is 43.6 Å². The smallest absolute Gasteiger partial charge is 0.257 e. The maximum Gasteiger partial charge on any atom is 0.257 e. The summed E-state index contributed by atoms with van der Waals surface area (Å²) in [5.74, 6) is -0.737. The summed E-state index contributed by atoms with van der Waals surface area (Å²) in [6.07, 6.45) is 3.89. The molecule has 3 aromatic rings. The third kappa shape index (κ3) is 7.87. The molecule has 2 heterocycles. The van der Waals surface area contributed by atoms with Crippen molar-refractivity contribution in [3.05, 3.63) is 93.7 Å². The minimum absolute atomic E-state index is 0.141. The van der Waals surface area contributed by atoms with Gasteiger partial charge in [0.15, 0.2) is 6.20 Å². The van der Waals surface area contributed by atoms with Gasteiger partial charge in [-0.05, 0) is 81.1 Å². The van der Waals surface area contributed by atoms with Crippen LogP contribution in [0.3, 0.4) is 0 Å². The molecule has 1 aromatic heterocycles. The van der Waals surface area contributed by atoms with Crippen molar-refractivity contribution < 1.29 is 18.7 Å². The van der Waals surface area contributed by atoms with Crippen LogP contribution in [-0.4, -0.2) is 48.4 Å². The van der Waals surface area contributed by atoms with Gasteiger partial charge in [-0.15, -0.1) is 0 Å². The zero-order chi connectivity index (χ0) is 31.1. The van der Waals surface area contributed by atoms with Gasteiger partial charge in [-0.25, -0.2) is 4.39 Å². The van der Waals surface area contributed by atoms with E-state index in [1.807, 2.05) is 31.2 Å². The van der Waals surface area contributed by atoms with Crippen LogP contribution < -0.4 is 20.3 Å². The summed E-state index contributed by atoms with van der Waals surface area (Å²) in [6, 6.07) is 16.1. The van der Waals surface area contributed by atoms with Crippen molar-refractivity contribution >= 4 is 23.2 Å². The number of hydrogen-bond acceptors (Lipinski definition) is 6. The van der Waals surface area contributed by atoms with Crippen molar-refractivity contribution in [1.82, 2.24) is 10.2 Å². The number of nitriles is 1. The predicted molar refractivity (Wildman–Crippen MR) is 164 cm³/mol. The number of aryl methyl sites for hydroxylation is 1. The van der Waals surface area contributed by atoms with Gasteiger partial charge in [0, 0.05) is 75.1 Å². The molecular weight excluding hydrogens is 547 g/mol. The maximum atomic E-state index is 14.8. The topological polar surface area (TPSA) is 115 Å². The van der Waals surface area contributed by atoms with Crippen LogP contribution in [0.25, 0.3) is 0 Å². The summed E-state index contributed by atoms with van der Waals surface area (Å²) in [7, 11) is 0. The molecule has 0 radical (unpaired) electrons. The first-order valence-corrected chi connectivity index (χ1v) is 14.6. The number of aromatic nitrogens is 1. The number of halogens is 1. The number of rotatable bonds is 10. The Morgan fingerprint density at radius 2 is 1.86 bits per heavy atom. The minimum atomic E-state index is -0.349. The van der Waals surface area contributed by atoms with E-state index in [1.165, 1.54) is 25.3 Å². The summed E-state index contributed by atoms with van der Waals surface area (Å²) < 4.78 is 15.5. The fourth-order valence-corrected chi connectivity index (χ4v) is 5.74. The van der Waals surface area contributed by atoms with E-state index in [0.29, 0.717) is 45.9 Å². The summed E-state index contributed by atoms with van der Waals surface area (Å²) in [5.41, 5.74) is 4.06. The number of nitrogens with one attached hydrogen (secondary N) is 2. The second-order valence-electron chi connectivity index (χ2n) is 11.2. The van der Waals surface area contributed by atoms with Crippen molar-refractivity contribution in [3.63, 3.8) is 0 Å². The first-order chi connectivity index (χ1) is 20.6. The van der Waals surface area contributed by atoms with Gasteiger partial charge >= 0.3 is 0 Å². The highest BCUT2D eigenvalue weighted by molar-refractivity contribution is 5.96. The van der Waals surface area contributed by atoms with Crippen LogP contribution in [0, 0.1) is 36.2 Å². The minimum Gasteiger partial charge on any atom is -0.618 e. The number of pyridine rings is 1. The molecule has 43 heavy (non-hydrogen) atoms. The van der Waals surface area contributed by atoms with Gasteiger partial charge in [-0.1, -0.05) is 0 Å². The van der Waals surface area contributed by atoms with Crippen LogP contribution in [0.5, 0.6) is 0 Å². The van der Waals surface area contributed by atoms with E-state index < -0.39 is 0 Å². The summed E-state index contributed by atoms with van der Waals surface area (Å²) in [4.78, 5) is 28.9. The van der Waals surface area contributed by atoms with Crippen molar-refractivity contribution in [3.8, 4) is 6.07 Å². The van der Waals surface area contributed by atoms with E-state index >= 15 is 0 Å². The molecule has 9 nitrogen and oxygen atoms in total. The van der Waals surface area contributed by atoms with Gasteiger partial charge in [-0.2, -0.15) is 9.99 Å². The average Bonchev–Trinajstić information content (AvgIpc) is 2.99. The average molecular weight is 587 g/mol. The second kappa shape index (κ2) is 14.1. The van der Waals surface area contributed by atoms with Crippen molar-refractivity contribution in [2.24, 2.45) is 0 Å². The Morgan fingerprint density at radius 3 is 2.51 bits per heavy atom. The van der Waals surface area contributed by atoms with Gasteiger partial charge in [0.25, 0.3) is 5.91 Å². The van der Waals surface area contributed by atoms with Gasteiger partial charge in [0.1, 0.15) is 11.4 Å². The Morgan fingerprint density at radius 1 is 1.16 bits per heavy atom. The first-order valence-electron chi connectivity index (χ1n) is 14.6. The van der Waals surface area contributed by atoms with Crippen molar-refractivity contribution in [2.75, 3.05) is 29.9 Å². The fourth-order valence-electron chi connectivity index (χ4n) is 5.74. The summed E-state index contributed by atoms with van der Waals surface area (Å²) in [5, 5.41) is 27.0. The van der Waals surface area contributed by atoms with Gasteiger partial charge in [0.2, 0.25) is 11.6 Å². The van der Waals surface area contributed by atoms with Crippen LogP contribution in [0.4, 0.5) is 15.8 Å². The molecule has 1 aliphatic heterocycles. The lowest BCUT2D eigenvalue weighted by molar-refractivity contribution is -0.612. The summed E-state index contributed by atoms with van der Waals surface area (Å²) in [6.45, 7) is 9.58. The van der Waals surface area contributed by atoms with Crippen molar-refractivity contribution in [1.29, 1.82) is 5.26 Å². The molecule has 4 rings (SSSR count). The zero-order valence-electron chi connectivity index (χ0n) is 25.2. The molecule has 1 atom stereocenters. The highest BCUT2D eigenvalue weighted by Crippen LogP contribution is 2.29. The summed E-state index contributed by atoms with van der Waals surface area (Å²) >= 11 is 0.